The first kappa shape index (κ1) is 17.0. The molecule has 0 saturated heterocycles. The highest BCUT2D eigenvalue weighted by atomic mass is 35.5. The number of amides is 1. The summed E-state index contributed by atoms with van der Waals surface area (Å²) in [4.78, 5) is 24.0. The first-order valence-electron chi connectivity index (χ1n) is 8.65. The van der Waals surface area contributed by atoms with Crippen molar-refractivity contribution >= 4 is 23.5 Å². The van der Waals surface area contributed by atoms with Crippen molar-refractivity contribution in [2.75, 3.05) is 7.05 Å². The van der Waals surface area contributed by atoms with E-state index in [2.05, 4.69) is 18.8 Å². The number of hydrogen-bond donors (Lipinski definition) is 1. The topological polar surface area (TPSA) is 71.6 Å². The lowest BCUT2D eigenvalue weighted by atomic mass is 9.61. The molecule has 5 nitrogen and oxygen atoms in total. The van der Waals surface area contributed by atoms with Crippen molar-refractivity contribution in [2.45, 2.75) is 32.2 Å². The fourth-order valence-corrected chi connectivity index (χ4v) is 4.27. The number of aryl methyl sites for hydroxylation is 1. The number of rotatable bonds is 1. The van der Waals surface area contributed by atoms with Crippen LogP contribution in [0.5, 0.6) is 0 Å². The second-order valence-electron chi connectivity index (χ2n) is 7.67. The first-order chi connectivity index (χ1) is 12.3. The summed E-state index contributed by atoms with van der Waals surface area (Å²) in [5.41, 5.74) is 8.33. The number of fused-ring (bicyclic) bond motifs is 2. The van der Waals surface area contributed by atoms with E-state index in [1.54, 1.807) is 7.05 Å². The third-order valence-corrected chi connectivity index (χ3v) is 5.97. The molecule has 0 radical (unpaired) electrons. The van der Waals surface area contributed by atoms with Crippen LogP contribution < -0.4 is 5.73 Å². The summed E-state index contributed by atoms with van der Waals surface area (Å²) < 4.78 is 0. The molecule has 1 atom stereocenters. The van der Waals surface area contributed by atoms with Gasteiger partial charge in [0.25, 0.3) is 5.91 Å². The van der Waals surface area contributed by atoms with Gasteiger partial charge in [-0.05, 0) is 42.2 Å². The first-order valence-corrected chi connectivity index (χ1v) is 9.03. The van der Waals surface area contributed by atoms with E-state index < -0.39 is 5.54 Å². The Balaban J connectivity index is 1.96. The average Bonchev–Trinajstić information content (AvgIpc) is 2.84. The molecule has 134 valence electrons. The van der Waals surface area contributed by atoms with Crippen LogP contribution in [-0.4, -0.2) is 28.8 Å². The van der Waals surface area contributed by atoms with Crippen LogP contribution in [0.1, 0.15) is 31.4 Å². The summed E-state index contributed by atoms with van der Waals surface area (Å²) in [5.74, 6) is 0.182. The SMILES string of the molecule is CN1C(=O)C2(N=C1N)c1cc(-c3cccc(Cl)c3)ncc1CCC2(C)C. The van der Waals surface area contributed by atoms with Crippen molar-refractivity contribution in [3.05, 3.63) is 52.7 Å². The molecule has 4 rings (SSSR count). The van der Waals surface area contributed by atoms with Crippen molar-refractivity contribution in [1.82, 2.24) is 9.88 Å². The Morgan fingerprint density at radius 3 is 2.69 bits per heavy atom. The van der Waals surface area contributed by atoms with Gasteiger partial charge in [-0.25, -0.2) is 4.99 Å². The van der Waals surface area contributed by atoms with E-state index in [0.717, 1.165) is 35.2 Å². The van der Waals surface area contributed by atoms with Gasteiger partial charge in [-0.2, -0.15) is 0 Å². The van der Waals surface area contributed by atoms with Gasteiger partial charge in [0.15, 0.2) is 11.5 Å². The highest BCUT2D eigenvalue weighted by Crippen LogP contribution is 2.54. The zero-order valence-corrected chi connectivity index (χ0v) is 15.8. The largest absolute Gasteiger partial charge is 0.369 e. The van der Waals surface area contributed by atoms with Crippen LogP contribution in [0, 0.1) is 5.41 Å². The zero-order chi connectivity index (χ0) is 18.7. The predicted molar refractivity (Wildman–Crippen MR) is 103 cm³/mol. The Morgan fingerprint density at radius 1 is 1.27 bits per heavy atom. The Hall–Kier alpha value is -2.40. The number of carbonyl (C=O) groups is 1. The standard InChI is InChI=1S/C20H21ClN4O/c1-19(2)8-7-13-11-23-16(12-5-4-6-14(21)9-12)10-15(13)20(19)17(26)25(3)18(22)24-20/h4-6,9-11H,7-8H2,1-3H3,(H2,22,24). The molecule has 26 heavy (non-hydrogen) atoms. The number of nitrogens with two attached hydrogens (primary N) is 1. The molecular formula is C20H21ClN4O. The summed E-state index contributed by atoms with van der Waals surface area (Å²) in [7, 11) is 1.68. The molecule has 6 heteroatoms. The molecule has 2 aromatic rings. The third-order valence-electron chi connectivity index (χ3n) is 5.74. The molecule has 0 fully saturated rings. The number of guanidine groups is 1. The lowest BCUT2D eigenvalue weighted by molar-refractivity contribution is -0.135. The molecule has 1 unspecified atom stereocenters. The second kappa shape index (κ2) is 5.55. The molecule has 1 aromatic heterocycles. The average molecular weight is 369 g/mol. The molecular weight excluding hydrogens is 348 g/mol. The van der Waals surface area contributed by atoms with Gasteiger partial charge in [0.2, 0.25) is 0 Å². The number of likely N-dealkylation sites (N-methyl/N-ethyl adjacent to an activating group) is 1. The van der Waals surface area contributed by atoms with Gasteiger partial charge in [0.1, 0.15) is 0 Å². The maximum absolute atomic E-state index is 13.3. The number of aliphatic imine (C=N–C) groups is 1. The lowest BCUT2D eigenvalue weighted by Gasteiger charge is -2.45. The van der Waals surface area contributed by atoms with E-state index in [4.69, 9.17) is 22.3 Å². The van der Waals surface area contributed by atoms with Gasteiger partial charge in [0.05, 0.1) is 5.69 Å². The summed E-state index contributed by atoms with van der Waals surface area (Å²) in [6.07, 6.45) is 3.56. The van der Waals surface area contributed by atoms with Crippen LogP contribution in [0.25, 0.3) is 11.3 Å². The molecule has 1 aliphatic carbocycles. The fourth-order valence-electron chi connectivity index (χ4n) is 4.08. The fraction of sp³-hybridized carbons (Fsp3) is 0.350. The van der Waals surface area contributed by atoms with Gasteiger partial charge < -0.3 is 5.73 Å². The van der Waals surface area contributed by atoms with Crippen LogP contribution >= 0.6 is 11.6 Å². The molecule has 1 spiro atoms. The van der Waals surface area contributed by atoms with Crippen molar-refractivity contribution in [3.63, 3.8) is 0 Å². The minimum atomic E-state index is -1.00. The molecule has 0 bridgehead atoms. The minimum absolute atomic E-state index is 0.0794. The quantitative estimate of drug-likeness (QED) is 0.838. The Bertz CT molecular complexity index is 953. The molecule has 1 aliphatic heterocycles. The maximum Gasteiger partial charge on any atom is 0.262 e. The van der Waals surface area contributed by atoms with Crippen LogP contribution in [0.2, 0.25) is 5.02 Å². The van der Waals surface area contributed by atoms with Crippen molar-refractivity contribution in [3.8, 4) is 11.3 Å². The molecule has 2 N–H and O–H groups in total. The van der Waals surface area contributed by atoms with E-state index in [1.165, 1.54) is 4.90 Å². The number of aromatic nitrogens is 1. The summed E-state index contributed by atoms with van der Waals surface area (Å²) in [5, 5.41) is 0.649. The maximum atomic E-state index is 13.3. The van der Waals surface area contributed by atoms with E-state index >= 15 is 0 Å². The second-order valence-corrected chi connectivity index (χ2v) is 8.10. The molecule has 2 heterocycles. The van der Waals surface area contributed by atoms with Gasteiger partial charge in [-0.3, -0.25) is 14.7 Å². The van der Waals surface area contributed by atoms with Crippen molar-refractivity contribution < 1.29 is 4.79 Å². The van der Waals surface area contributed by atoms with Gasteiger partial charge >= 0.3 is 0 Å². The highest BCUT2D eigenvalue weighted by Gasteiger charge is 2.60. The number of hydrogen-bond acceptors (Lipinski definition) is 4. The van der Waals surface area contributed by atoms with Gasteiger partial charge in [-0.1, -0.05) is 37.6 Å². The smallest absolute Gasteiger partial charge is 0.262 e. The normalized spacial score (nSPS) is 23.9. The number of pyridine rings is 1. The number of nitrogens with zero attached hydrogens (tertiary/aromatic N) is 3. The molecule has 0 saturated carbocycles. The molecule has 1 aromatic carbocycles. The van der Waals surface area contributed by atoms with E-state index in [9.17, 15) is 4.79 Å². The summed E-state index contributed by atoms with van der Waals surface area (Å²) in [6, 6.07) is 9.53. The Kier molecular flexibility index (Phi) is 3.63. The lowest BCUT2D eigenvalue weighted by Crippen LogP contribution is -2.51. The predicted octanol–water partition coefficient (Wildman–Crippen LogP) is 3.36. The minimum Gasteiger partial charge on any atom is -0.369 e. The number of benzene rings is 1. The molecule has 1 amide bonds. The Morgan fingerprint density at radius 2 is 2.04 bits per heavy atom. The highest BCUT2D eigenvalue weighted by molar-refractivity contribution is 6.30. The zero-order valence-electron chi connectivity index (χ0n) is 15.1. The van der Waals surface area contributed by atoms with E-state index in [0.29, 0.717) is 5.02 Å². The van der Waals surface area contributed by atoms with Gasteiger partial charge in [0, 0.05) is 29.2 Å². The van der Waals surface area contributed by atoms with E-state index in [-0.39, 0.29) is 17.3 Å². The van der Waals surface area contributed by atoms with Crippen LogP contribution in [0.15, 0.2) is 41.5 Å². The Labute approximate surface area is 157 Å². The van der Waals surface area contributed by atoms with Gasteiger partial charge in [-0.15, -0.1) is 0 Å². The van der Waals surface area contributed by atoms with Crippen LogP contribution in [0.4, 0.5) is 0 Å². The molecule has 2 aliphatic rings. The number of carbonyl (C=O) groups excluding carboxylic acids is 1. The van der Waals surface area contributed by atoms with E-state index in [1.807, 2.05) is 36.5 Å². The van der Waals surface area contributed by atoms with Crippen LogP contribution in [0.3, 0.4) is 0 Å². The summed E-state index contributed by atoms with van der Waals surface area (Å²) >= 11 is 6.14. The summed E-state index contributed by atoms with van der Waals surface area (Å²) in [6.45, 7) is 4.17. The van der Waals surface area contributed by atoms with Crippen LogP contribution in [-0.2, 0) is 16.8 Å². The monoisotopic (exact) mass is 368 g/mol. The third kappa shape index (κ3) is 2.20. The number of halogens is 1. The van der Waals surface area contributed by atoms with Crippen molar-refractivity contribution in [1.29, 1.82) is 0 Å². The van der Waals surface area contributed by atoms with Crippen molar-refractivity contribution in [2.24, 2.45) is 16.1 Å².